The maximum atomic E-state index is 3.59. The van der Waals surface area contributed by atoms with Gasteiger partial charge in [0.1, 0.15) is 0 Å². The van der Waals surface area contributed by atoms with Crippen molar-refractivity contribution in [2.75, 3.05) is 13.6 Å². The van der Waals surface area contributed by atoms with Crippen molar-refractivity contribution < 1.29 is 0 Å². The van der Waals surface area contributed by atoms with Crippen LogP contribution in [0.1, 0.15) is 28.2 Å². The van der Waals surface area contributed by atoms with E-state index in [9.17, 15) is 0 Å². The molecule has 0 spiro atoms. The predicted octanol–water partition coefficient (Wildman–Crippen LogP) is 1.99. The second kappa shape index (κ2) is 3.89. The van der Waals surface area contributed by atoms with E-state index in [1.165, 1.54) is 30.7 Å². The van der Waals surface area contributed by atoms with E-state index in [4.69, 9.17) is 0 Å². The molecule has 1 saturated carbocycles. The van der Waals surface area contributed by atoms with Gasteiger partial charge >= 0.3 is 0 Å². The molecule has 1 aromatic heterocycles. The molecule has 15 heavy (non-hydrogen) atoms. The summed E-state index contributed by atoms with van der Waals surface area (Å²) in [5.41, 5.74) is 1.57. The Hall–Kier alpha value is -0.380. The Balaban J connectivity index is 1.68. The van der Waals surface area contributed by atoms with Gasteiger partial charge in [-0.3, -0.25) is 0 Å². The molecule has 1 aromatic rings. The zero-order valence-electron chi connectivity index (χ0n) is 9.25. The van der Waals surface area contributed by atoms with E-state index in [2.05, 4.69) is 23.3 Å². The highest BCUT2D eigenvalue weighted by atomic mass is 32.1. The smallest absolute Gasteiger partial charge is 0.0302 e. The van der Waals surface area contributed by atoms with E-state index >= 15 is 0 Å². The van der Waals surface area contributed by atoms with Crippen LogP contribution in [0.15, 0.2) is 6.07 Å². The molecule has 2 aliphatic rings. The number of likely N-dealkylation sites (N-methyl/N-ethyl adjacent to an activating group) is 1. The lowest BCUT2D eigenvalue weighted by Gasteiger charge is -2.21. The highest BCUT2D eigenvalue weighted by Crippen LogP contribution is 2.28. The van der Waals surface area contributed by atoms with Crippen molar-refractivity contribution >= 4 is 11.3 Å². The van der Waals surface area contributed by atoms with Crippen LogP contribution in [-0.2, 0) is 19.5 Å². The Morgan fingerprint density at radius 2 is 2.40 bits per heavy atom. The number of nitrogens with zero attached hydrogens (tertiary/aromatic N) is 1. The van der Waals surface area contributed by atoms with Crippen LogP contribution in [0.3, 0.4) is 0 Å². The molecule has 82 valence electrons. The van der Waals surface area contributed by atoms with Crippen molar-refractivity contribution in [2.45, 2.75) is 38.4 Å². The summed E-state index contributed by atoms with van der Waals surface area (Å²) in [6.07, 6.45) is 4.02. The van der Waals surface area contributed by atoms with Crippen LogP contribution in [-0.4, -0.2) is 24.5 Å². The number of thiophene rings is 1. The van der Waals surface area contributed by atoms with E-state index in [-0.39, 0.29) is 0 Å². The third kappa shape index (κ3) is 2.25. The van der Waals surface area contributed by atoms with Crippen LogP contribution in [0.5, 0.6) is 0 Å². The number of nitrogens with one attached hydrogen (secondary N) is 1. The minimum atomic E-state index is 0.826. The standard InChI is InChI=1S/C12H18N2S/c1-14-5-4-12-9(8-14)6-11(15-12)7-13-10-2-3-10/h6,10,13H,2-5,7-8H2,1H3. The molecular formula is C12H18N2S. The van der Waals surface area contributed by atoms with Crippen molar-refractivity contribution in [1.82, 2.24) is 10.2 Å². The van der Waals surface area contributed by atoms with Gasteiger partial charge in [-0.15, -0.1) is 11.3 Å². The van der Waals surface area contributed by atoms with Gasteiger partial charge in [0.05, 0.1) is 0 Å². The average molecular weight is 222 g/mol. The monoisotopic (exact) mass is 222 g/mol. The molecule has 0 saturated heterocycles. The fraction of sp³-hybridized carbons (Fsp3) is 0.667. The summed E-state index contributed by atoms with van der Waals surface area (Å²) >= 11 is 2.02. The van der Waals surface area contributed by atoms with Gasteiger partial charge in [0.25, 0.3) is 0 Å². The molecule has 0 amide bonds. The third-order valence-corrected chi connectivity index (χ3v) is 4.49. The highest BCUT2D eigenvalue weighted by molar-refractivity contribution is 7.12. The molecule has 1 fully saturated rings. The van der Waals surface area contributed by atoms with Crippen molar-refractivity contribution in [3.05, 3.63) is 21.4 Å². The lowest BCUT2D eigenvalue weighted by Crippen LogP contribution is -2.25. The van der Waals surface area contributed by atoms with E-state index in [0.717, 1.165) is 19.1 Å². The molecule has 0 unspecified atom stereocenters. The molecule has 2 nitrogen and oxygen atoms in total. The van der Waals surface area contributed by atoms with Crippen LogP contribution in [0.4, 0.5) is 0 Å². The Kier molecular flexibility index (Phi) is 2.54. The predicted molar refractivity (Wildman–Crippen MR) is 64.2 cm³/mol. The van der Waals surface area contributed by atoms with Crippen LogP contribution in [0, 0.1) is 0 Å². The van der Waals surface area contributed by atoms with Gasteiger partial charge in [-0.2, -0.15) is 0 Å². The zero-order chi connectivity index (χ0) is 10.3. The van der Waals surface area contributed by atoms with E-state index < -0.39 is 0 Å². The first-order valence-electron chi connectivity index (χ1n) is 5.83. The van der Waals surface area contributed by atoms with Gasteiger partial charge in [-0.1, -0.05) is 0 Å². The highest BCUT2D eigenvalue weighted by Gasteiger charge is 2.21. The van der Waals surface area contributed by atoms with Crippen molar-refractivity contribution in [2.24, 2.45) is 0 Å². The van der Waals surface area contributed by atoms with E-state index in [0.29, 0.717) is 0 Å². The Morgan fingerprint density at radius 3 is 3.20 bits per heavy atom. The van der Waals surface area contributed by atoms with Gasteiger partial charge in [0.2, 0.25) is 0 Å². The summed E-state index contributed by atoms with van der Waals surface area (Å²) < 4.78 is 0. The molecule has 0 radical (unpaired) electrons. The Bertz CT molecular complexity index is 355. The van der Waals surface area contributed by atoms with Crippen molar-refractivity contribution in [3.8, 4) is 0 Å². The van der Waals surface area contributed by atoms with Crippen molar-refractivity contribution in [3.63, 3.8) is 0 Å². The Morgan fingerprint density at radius 1 is 1.53 bits per heavy atom. The fourth-order valence-corrected chi connectivity index (χ4v) is 3.28. The molecule has 1 aliphatic heterocycles. The maximum absolute atomic E-state index is 3.59. The molecule has 0 aromatic carbocycles. The van der Waals surface area contributed by atoms with Gasteiger partial charge < -0.3 is 10.2 Å². The second-order valence-electron chi connectivity index (χ2n) is 4.80. The normalized spacial score (nSPS) is 21.7. The maximum Gasteiger partial charge on any atom is 0.0302 e. The number of hydrogen-bond donors (Lipinski definition) is 1. The zero-order valence-corrected chi connectivity index (χ0v) is 10.1. The molecular weight excluding hydrogens is 204 g/mol. The quantitative estimate of drug-likeness (QED) is 0.841. The third-order valence-electron chi connectivity index (χ3n) is 3.25. The topological polar surface area (TPSA) is 15.3 Å². The summed E-state index contributed by atoms with van der Waals surface area (Å²) in [7, 11) is 2.21. The summed E-state index contributed by atoms with van der Waals surface area (Å²) in [6, 6.07) is 3.23. The van der Waals surface area contributed by atoms with Crippen molar-refractivity contribution in [1.29, 1.82) is 0 Å². The van der Waals surface area contributed by atoms with Gasteiger partial charge in [-0.25, -0.2) is 0 Å². The van der Waals surface area contributed by atoms with Crippen LogP contribution in [0.25, 0.3) is 0 Å². The molecule has 3 heteroatoms. The van der Waals surface area contributed by atoms with E-state index in [1.54, 1.807) is 10.4 Å². The molecule has 1 N–H and O–H groups in total. The first-order valence-corrected chi connectivity index (χ1v) is 6.65. The first kappa shape index (κ1) is 9.82. The largest absolute Gasteiger partial charge is 0.309 e. The molecule has 0 atom stereocenters. The second-order valence-corrected chi connectivity index (χ2v) is 6.03. The Labute approximate surface area is 95.3 Å². The van der Waals surface area contributed by atoms with Crippen LogP contribution >= 0.6 is 11.3 Å². The summed E-state index contributed by atoms with van der Waals surface area (Å²) in [5, 5.41) is 3.59. The molecule has 3 rings (SSSR count). The summed E-state index contributed by atoms with van der Waals surface area (Å²) in [5.74, 6) is 0. The molecule has 1 aliphatic carbocycles. The van der Waals surface area contributed by atoms with Crippen LogP contribution in [0.2, 0.25) is 0 Å². The van der Waals surface area contributed by atoms with Crippen LogP contribution < -0.4 is 5.32 Å². The van der Waals surface area contributed by atoms with Gasteiger partial charge in [0.15, 0.2) is 0 Å². The first-order chi connectivity index (χ1) is 7.31. The minimum Gasteiger partial charge on any atom is -0.309 e. The SMILES string of the molecule is CN1CCc2sc(CNC3CC3)cc2C1. The number of rotatable bonds is 3. The minimum absolute atomic E-state index is 0.826. The fourth-order valence-electron chi connectivity index (χ4n) is 2.16. The number of hydrogen-bond acceptors (Lipinski definition) is 3. The van der Waals surface area contributed by atoms with Gasteiger partial charge in [0, 0.05) is 35.4 Å². The van der Waals surface area contributed by atoms with Gasteiger partial charge in [-0.05, 0) is 37.9 Å². The van der Waals surface area contributed by atoms with E-state index in [1.807, 2.05) is 11.3 Å². The molecule has 0 bridgehead atoms. The lowest BCUT2D eigenvalue weighted by molar-refractivity contribution is 0.315. The summed E-state index contributed by atoms with van der Waals surface area (Å²) in [6.45, 7) is 3.46. The lowest BCUT2D eigenvalue weighted by atomic mass is 10.1. The average Bonchev–Trinajstić information content (AvgIpc) is 2.95. The number of fused-ring (bicyclic) bond motifs is 1. The summed E-state index contributed by atoms with van der Waals surface area (Å²) in [4.78, 5) is 5.57. The molecule has 2 heterocycles.